The standard InChI is InChI=1S/C7H14N2O2S2/c1-5(13)4-9-7(11)6(10)8-2-3-12/h5,12-13H,2-4H2,1H3,(H,8,10)(H,9,11). The number of amides is 2. The fraction of sp³-hybridized carbons (Fsp3) is 0.714. The molecule has 0 bridgehead atoms. The molecule has 2 amide bonds. The van der Waals surface area contributed by atoms with Crippen LogP contribution in [0.4, 0.5) is 0 Å². The number of thiol groups is 2. The van der Waals surface area contributed by atoms with E-state index < -0.39 is 11.8 Å². The summed E-state index contributed by atoms with van der Waals surface area (Å²) in [6.45, 7) is 2.61. The van der Waals surface area contributed by atoms with Crippen molar-refractivity contribution < 1.29 is 9.59 Å². The molecule has 0 aromatic carbocycles. The third-order valence-electron chi connectivity index (χ3n) is 1.16. The number of carbonyl (C=O) groups excluding carboxylic acids is 2. The third-order valence-corrected chi connectivity index (χ3v) is 1.57. The van der Waals surface area contributed by atoms with Crippen LogP contribution in [0, 0.1) is 0 Å². The average molecular weight is 222 g/mol. The van der Waals surface area contributed by atoms with Gasteiger partial charge in [0.1, 0.15) is 0 Å². The molecule has 0 radical (unpaired) electrons. The van der Waals surface area contributed by atoms with E-state index in [-0.39, 0.29) is 5.25 Å². The lowest BCUT2D eigenvalue weighted by Crippen LogP contribution is -2.42. The minimum atomic E-state index is -0.623. The second kappa shape index (κ2) is 7.08. The number of hydrogen-bond donors (Lipinski definition) is 4. The van der Waals surface area contributed by atoms with Crippen LogP contribution in [0.3, 0.4) is 0 Å². The summed E-state index contributed by atoms with van der Waals surface area (Å²) in [4.78, 5) is 21.9. The predicted octanol–water partition coefficient (Wildman–Crippen LogP) is -0.533. The highest BCUT2D eigenvalue weighted by atomic mass is 32.1. The molecule has 0 aliphatic carbocycles. The predicted molar refractivity (Wildman–Crippen MR) is 58.3 cm³/mol. The Hall–Kier alpha value is -0.360. The van der Waals surface area contributed by atoms with Crippen molar-refractivity contribution in [1.82, 2.24) is 10.6 Å². The molecule has 0 aliphatic heterocycles. The summed E-state index contributed by atoms with van der Waals surface area (Å²) >= 11 is 7.94. The molecule has 0 saturated heterocycles. The first kappa shape index (κ1) is 12.6. The topological polar surface area (TPSA) is 58.2 Å². The Morgan fingerprint density at radius 2 is 1.85 bits per heavy atom. The van der Waals surface area contributed by atoms with Crippen molar-refractivity contribution in [1.29, 1.82) is 0 Å². The summed E-state index contributed by atoms with van der Waals surface area (Å²) in [5.41, 5.74) is 0. The van der Waals surface area contributed by atoms with Gasteiger partial charge in [-0.05, 0) is 0 Å². The molecule has 0 aromatic heterocycles. The van der Waals surface area contributed by atoms with E-state index in [2.05, 4.69) is 35.9 Å². The molecule has 1 unspecified atom stereocenters. The number of hydrogen-bond acceptors (Lipinski definition) is 4. The second-order valence-electron chi connectivity index (χ2n) is 2.54. The van der Waals surface area contributed by atoms with Crippen LogP contribution in [0.25, 0.3) is 0 Å². The van der Waals surface area contributed by atoms with Gasteiger partial charge in [0.25, 0.3) is 0 Å². The minimum Gasteiger partial charge on any atom is -0.347 e. The zero-order valence-electron chi connectivity index (χ0n) is 7.41. The quantitative estimate of drug-likeness (QED) is 0.382. The van der Waals surface area contributed by atoms with E-state index in [1.807, 2.05) is 6.92 Å². The van der Waals surface area contributed by atoms with Crippen LogP contribution in [0.15, 0.2) is 0 Å². The lowest BCUT2D eigenvalue weighted by Gasteiger charge is -2.06. The van der Waals surface area contributed by atoms with E-state index in [0.717, 1.165) is 0 Å². The Balaban J connectivity index is 3.64. The van der Waals surface area contributed by atoms with Crippen molar-refractivity contribution in [3.8, 4) is 0 Å². The summed E-state index contributed by atoms with van der Waals surface area (Å²) in [7, 11) is 0. The van der Waals surface area contributed by atoms with Crippen molar-refractivity contribution in [2.75, 3.05) is 18.8 Å². The van der Waals surface area contributed by atoms with Crippen LogP contribution in [-0.4, -0.2) is 35.9 Å². The van der Waals surface area contributed by atoms with Gasteiger partial charge in [-0.15, -0.1) is 0 Å². The van der Waals surface area contributed by atoms with Gasteiger partial charge >= 0.3 is 11.8 Å². The second-order valence-corrected chi connectivity index (χ2v) is 3.87. The fourth-order valence-electron chi connectivity index (χ4n) is 0.570. The SMILES string of the molecule is CC(S)CNC(=O)C(=O)NCCS. The van der Waals surface area contributed by atoms with E-state index >= 15 is 0 Å². The van der Waals surface area contributed by atoms with E-state index in [1.54, 1.807) is 0 Å². The maximum Gasteiger partial charge on any atom is 0.309 e. The van der Waals surface area contributed by atoms with Crippen LogP contribution in [0.1, 0.15) is 6.92 Å². The van der Waals surface area contributed by atoms with Gasteiger partial charge in [-0.25, -0.2) is 0 Å². The van der Waals surface area contributed by atoms with Gasteiger partial charge in [0.05, 0.1) is 0 Å². The lowest BCUT2D eigenvalue weighted by atomic mass is 10.4. The summed E-state index contributed by atoms with van der Waals surface area (Å²) in [5.74, 6) is -0.729. The molecular formula is C7H14N2O2S2. The molecule has 76 valence electrons. The Kier molecular flexibility index (Phi) is 6.89. The van der Waals surface area contributed by atoms with E-state index in [0.29, 0.717) is 18.8 Å². The average Bonchev–Trinajstić information content (AvgIpc) is 2.10. The maximum absolute atomic E-state index is 11.0. The molecule has 0 rings (SSSR count). The monoisotopic (exact) mass is 222 g/mol. The Labute approximate surface area is 88.7 Å². The molecule has 0 fully saturated rings. The molecule has 0 aromatic rings. The minimum absolute atomic E-state index is 0.0432. The van der Waals surface area contributed by atoms with Gasteiger partial charge < -0.3 is 10.6 Å². The maximum atomic E-state index is 11.0. The molecule has 0 aliphatic rings. The Morgan fingerprint density at radius 3 is 2.31 bits per heavy atom. The van der Waals surface area contributed by atoms with Crippen molar-refractivity contribution in [3.63, 3.8) is 0 Å². The highest BCUT2D eigenvalue weighted by Gasteiger charge is 2.11. The summed E-state index contributed by atoms with van der Waals surface area (Å²) in [6.07, 6.45) is 0. The molecular weight excluding hydrogens is 208 g/mol. The third kappa shape index (κ3) is 6.77. The van der Waals surface area contributed by atoms with Crippen molar-refractivity contribution in [3.05, 3.63) is 0 Å². The molecule has 4 nitrogen and oxygen atoms in total. The van der Waals surface area contributed by atoms with Gasteiger partial charge in [-0.3, -0.25) is 9.59 Å². The smallest absolute Gasteiger partial charge is 0.309 e. The fourth-order valence-corrected chi connectivity index (χ4v) is 0.773. The summed E-state index contributed by atoms with van der Waals surface area (Å²) in [6, 6.07) is 0. The highest BCUT2D eigenvalue weighted by molar-refractivity contribution is 7.81. The van der Waals surface area contributed by atoms with Crippen molar-refractivity contribution in [2.45, 2.75) is 12.2 Å². The van der Waals surface area contributed by atoms with Gasteiger partial charge in [0.15, 0.2) is 0 Å². The van der Waals surface area contributed by atoms with Crippen LogP contribution >= 0.6 is 25.3 Å². The Morgan fingerprint density at radius 1 is 1.31 bits per heavy atom. The first-order valence-corrected chi connectivity index (χ1v) is 5.07. The van der Waals surface area contributed by atoms with Crippen LogP contribution in [0.5, 0.6) is 0 Å². The Bertz CT molecular complexity index is 185. The number of rotatable bonds is 4. The molecule has 0 saturated carbocycles. The van der Waals surface area contributed by atoms with Gasteiger partial charge in [0, 0.05) is 24.1 Å². The van der Waals surface area contributed by atoms with Crippen molar-refractivity contribution >= 4 is 37.1 Å². The largest absolute Gasteiger partial charge is 0.347 e. The van der Waals surface area contributed by atoms with Crippen LogP contribution in [0.2, 0.25) is 0 Å². The van der Waals surface area contributed by atoms with E-state index in [1.165, 1.54) is 0 Å². The lowest BCUT2D eigenvalue weighted by molar-refractivity contribution is -0.139. The van der Waals surface area contributed by atoms with Crippen LogP contribution < -0.4 is 10.6 Å². The highest BCUT2D eigenvalue weighted by Crippen LogP contribution is 1.87. The molecule has 6 heteroatoms. The summed E-state index contributed by atoms with van der Waals surface area (Å²) < 4.78 is 0. The molecule has 2 N–H and O–H groups in total. The normalized spacial score (nSPS) is 11.9. The molecule has 0 heterocycles. The zero-order chi connectivity index (χ0) is 10.3. The van der Waals surface area contributed by atoms with E-state index in [4.69, 9.17) is 0 Å². The van der Waals surface area contributed by atoms with Gasteiger partial charge in [-0.1, -0.05) is 6.92 Å². The van der Waals surface area contributed by atoms with Crippen molar-refractivity contribution in [2.24, 2.45) is 0 Å². The molecule has 13 heavy (non-hydrogen) atoms. The zero-order valence-corrected chi connectivity index (χ0v) is 9.20. The van der Waals surface area contributed by atoms with Crippen LogP contribution in [-0.2, 0) is 9.59 Å². The number of nitrogens with one attached hydrogen (secondary N) is 2. The first-order chi connectivity index (χ1) is 6.07. The van der Waals surface area contributed by atoms with E-state index in [9.17, 15) is 9.59 Å². The van der Waals surface area contributed by atoms with Gasteiger partial charge in [-0.2, -0.15) is 25.3 Å². The molecule has 1 atom stereocenters. The first-order valence-electron chi connectivity index (χ1n) is 3.93. The molecule has 0 spiro atoms. The number of carbonyl (C=O) groups is 2. The summed E-state index contributed by atoms with van der Waals surface area (Å²) in [5, 5.41) is 4.89. The van der Waals surface area contributed by atoms with Gasteiger partial charge in [0.2, 0.25) is 0 Å².